The van der Waals surface area contributed by atoms with Crippen molar-refractivity contribution >= 4 is 10.9 Å². The molecule has 2 heteroatoms. The van der Waals surface area contributed by atoms with Gasteiger partial charge in [-0.1, -0.05) is 36.4 Å². The molecule has 0 N–H and O–H groups in total. The highest BCUT2D eigenvalue weighted by atomic mass is 32.2. The zero-order chi connectivity index (χ0) is 14.5. The van der Waals surface area contributed by atoms with Gasteiger partial charge in [0.15, 0.2) is 9.79 Å². The van der Waals surface area contributed by atoms with E-state index in [9.17, 15) is 0 Å². The molecule has 2 aromatic carbocycles. The van der Waals surface area contributed by atoms with Gasteiger partial charge in [0, 0.05) is 12.8 Å². The van der Waals surface area contributed by atoms with E-state index in [4.69, 9.17) is 4.74 Å². The first kappa shape index (κ1) is 14.0. The number of rotatable bonds is 4. The topological polar surface area (TPSA) is 9.23 Å². The largest absolute Gasteiger partial charge is 0.501 e. The minimum atomic E-state index is 0.00636. The normalized spacial score (nSPS) is 14.6. The van der Waals surface area contributed by atoms with E-state index in [2.05, 4.69) is 72.8 Å². The third kappa shape index (κ3) is 3.22. The van der Waals surface area contributed by atoms with Gasteiger partial charge < -0.3 is 4.74 Å². The smallest absolute Gasteiger partial charge is 0.166 e. The highest BCUT2D eigenvalue weighted by molar-refractivity contribution is 8.00. The van der Waals surface area contributed by atoms with Crippen LogP contribution >= 0.6 is 0 Å². The fourth-order valence-electron chi connectivity index (χ4n) is 2.49. The van der Waals surface area contributed by atoms with Crippen LogP contribution in [0.15, 0.2) is 93.3 Å². The minimum absolute atomic E-state index is 0.00636. The summed E-state index contributed by atoms with van der Waals surface area (Å²) in [6.07, 6.45) is 6.41. The lowest BCUT2D eigenvalue weighted by molar-refractivity contribution is 0.276. The molecule has 0 aliphatic heterocycles. The van der Waals surface area contributed by atoms with Crippen molar-refractivity contribution in [3.8, 4) is 0 Å². The molecule has 2 aromatic rings. The molecule has 0 fully saturated rings. The van der Waals surface area contributed by atoms with Crippen molar-refractivity contribution in [2.45, 2.75) is 22.6 Å². The first-order valence-corrected chi connectivity index (χ1v) is 8.39. The lowest BCUT2D eigenvalue weighted by Crippen LogP contribution is -2.09. The number of methoxy groups -OCH3 is 1. The van der Waals surface area contributed by atoms with Gasteiger partial charge >= 0.3 is 0 Å². The van der Waals surface area contributed by atoms with Gasteiger partial charge in [0.2, 0.25) is 0 Å². The summed E-state index contributed by atoms with van der Waals surface area (Å²) in [5.74, 6) is 1.07. The second-order valence-corrected chi connectivity index (χ2v) is 6.98. The van der Waals surface area contributed by atoms with Gasteiger partial charge in [0.05, 0.1) is 23.8 Å². The Kier molecular flexibility index (Phi) is 4.46. The zero-order valence-corrected chi connectivity index (χ0v) is 13.0. The van der Waals surface area contributed by atoms with Crippen molar-refractivity contribution in [1.29, 1.82) is 0 Å². The van der Waals surface area contributed by atoms with Crippen LogP contribution in [0.4, 0.5) is 0 Å². The summed E-state index contributed by atoms with van der Waals surface area (Å²) in [5.41, 5.74) is 0. The average molecular weight is 295 g/mol. The molecule has 21 heavy (non-hydrogen) atoms. The third-order valence-corrected chi connectivity index (χ3v) is 5.91. The van der Waals surface area contributed by atoms with Crippen molar-refractivity contribution in [2.24, 2.45) is 0 Å². The van der Waals surface area contributed by atoms with Crippen molar-refractivity contribution in [2.75, 3.05) is 7.11 Å². The second kappa shape index (κ2) is 6.68. The maximum atomic E-state index is 5.35. The predicted octanol–water partition coefficient (Wildman–Crippen LogP) is 4.93. The summed E-state index contributed by atoms with van der Waals surface area (Å²) in [4.78, 5) is 4.24. The Morgan fingerprint density at radius 3 is 1.76 bits per heavy atom. The number of benzene rings is 2. The Hall–Kier alpha value is -1.93. The van der Waals surface area contributed by atoms with Gasteiger partial charge in [0.25, 0.3) is 0 Å². The molecule has 0 bridgehead atoms. The molecule has 1 nitrogen and oxygen atoms in total. The second-order valence-electron chi connectivity index (χ2n) is 4.90. The molecule has 0 spiro atoms. The monoisotopic (exact) mass is 295 g/mol. The molecule has 0 heterocycles. The van der Waals surface area contributed by atoms with E-state index in [-0.39, 0.29) is 10.9 Å². The van der Waals surface area contributed by atoms with E-state index in [1.165, 1.54) is 14.7 Å². The molecule has 3 rings (SSSR count). The van der Waals surface area contributed by atoms with E-state index in [1.807, 2.05) is 0 Å². The molecule has 1 aliphatic carbocycles. The summed E-state index contributed by atoms with van der Waals surface area (Å²) >= 11 is 0. The van der Waals surface area contributed by atoms with Gasteiger partial charge in [-0.25, -0.2) is 0 Å². The van der Waals surface area contributed by atoms with Crippen LogP contribution in [0.3, 0.4) is 0 Å². The molecule has 0 saturated carbocycles. The van der Waals surface area contributed by atoms with Gasteiger partial charge in [-0.05, 0) is 36.4 Å². The van der Waals surface area contributed by atoms with Crippen molar-refractivity contribution in [3.05, 3.63) is 83.5 Å². The molecule has 1 aliphatic rings. The lowest BCUT2D eigenvalue weighted by Gasteiger charge is -2.15. The van der Waals surface area contributed by atoms with E-state index in [0.29, 0.717) is 0 Å². The quantitative estimate of drug-likeness (QED) is 0.727. The standard InChI is InChI=1S/C19H19OS/c1-20-16-12-14-19(15-13-16)21(17-8-4-2-5-9-17)18-10-6-3-7-11-18/h2-12,14H,13,15H2,1H3/q+1. The van der Waals surface area contributed by atoms with Crippen LogP contribution in [0.25, 0.3) is 0 Å². The lowest BCUT2D eigenvalue weighted by atomic mass is 10.1. The third-order valence-electron chi connectivity index (χ3n) is 3.56. The Balaban J connectivity index is 2.02. The summed E-state index contributed by atoms with van der Waals surface area (Å²) in [6.45, 7) is 0. The highest BCUT2D eigenvalue weighted by Crippen LogP contribution is 2.35. The van der Waals surface area contributed by atoms with E-state index >= 15 is 0 Å². The molecule has 0 atom stereocenters. The summed E-state index contributed by atoms with van der Waals surface area (Å²) in [5, 5.41) is 0. The predicted molar refractivity (Wildman–Crippen MR) is 89.2 cm³/mol. The molecule has 0 aromatic heterocycles. The van der Waals surface area contributed by atoms with Gasteiger partial charge in [-0.15, -0.1) is 0 Å². The molecular weight excluding hydrogens is 276 g/mol. The van der Waals surface area contributed by atoms with Gasteiger partial charge in [-0.2, -0.15) is 0 Å². The van der Waals surface area contributed by atoms with Crippen molar-refractivity contribution < 1.29 is 4.74 Å². The number of hydrogen-bond acceptors (Lipinski definition) is 1. The number of ether oxygens (including phenoxy) is 1. The van der Waals surface area contributed by atoms with E-state index in [0.717, 1.165) is 18.6 Å². The molecular formula is C19H19OS+. The molecule has 0 saturated heterocycles. The molecule has 0 amide bonds. The van der Waals surface area contributed by atoms with Crippen LogP contribution in [-0.4, -0.2) is 7.11 Å². The molecule has 106 valence electrons. The maximum Gasteiger partial charge on any atom is 0.166 e. The number of allylic oxidation sites excluding steroid dienone is 4. The van der Waals surface area contributed by atoms with Crippen LogP contribution < -0.4 is 0 Å². The van der Waals surface area contributed by atoms with Crippen LogP contribution in [0.2, 0.25) is 0 Å². The SMILES string of the molecule is COC1=CC=C([S+](c2ccccc2)c2ccccc2)CC1. The zero-order valence-electron chi connectivity index (χ0n) is 12.2. The van der Waals surface area contributed by atoms with Crippen LogP contribution in [-0.2, 0) is 15.6 Å². The number of hydrogen-bond donors (Lipinski definition) is 0. The van der Waals surface area contributed by atoms with Crippen LogP contribution in [0, 0.1) is 0 Å². The van der Waals surface area contributed by atoms with Crippen LogP contribution in [0.1, 0.15) is 12.8 Å². The van der Waals surface area contributed by atoms with Crippen molar-refractivity contribution in [1.82, 2.24) is 0 Å². The Bertz CT molecular complexity index is 604. The minimum Gasteiger partial charge on any atom is -0.501 e. The fourth-order valence-corrected chi connectivity index (χ4v) is 4.74. The van der Waals surface area contributed by atoms with Gasteiger partial charge in [0.1, 0.15) is 4.91 Å². The van der Waals surface area contributed by atoms with E-state index in [1.54, 1.807) is 7.11 Å². The van der Waals surface area contributed by atoms with Crippen molar-refractivity contribution in [3.63, 3.8) is 0 Å². The van der Waals surface area contributed by atoms with E-state index < -0.39 is 0 Å². The Labute approximate surface area is 129 Å². The molecule has 0 unspecified atom stereocenters. The Morgan fingerprint density at radius 2 is 1.33 bits per heavy atom. The average Bonchev–Trinajstić information content (AvgIpc) is 2.58. The summed E-state index contributed by atoms with van der Waals surface area (Å²) in [7, 11) is 1.76. The highest BCUT2D eigenvalue weighted by Gasteiger charge is 2.31. The Morgan fingerprint density at radius 1 is 0.762 bits per heavy atom. The first-order valence-electron chi connectivity index (χ1n) is 7.16. The fraction of sp³-hybridized carbons (Fsp3) is 0.158. The van der Waals surface area contributed by atoms with Gasteiger partial charge in [-0.3, -0.25) is 0 Å². The van der Waals surface area contributed by atoms with Crippen LogP contribution in [0.5, 0.6) is 0 Å². The molecule has 0 radical (unpaired) electrons. The maximum absolute atomic E-state index is 5.35. The summed E-state index contributed by atoms with van der Waals surface area (Å²) < 4.78 is 5.35. The summed E-state index contributed by atoms with van der Waals surface area (Å²) in [6, 6.07) is 21.6. The first-order chi connectivity index (χ1) is 10.4.